The van der Waals surface area contributed by atoms with E-state index in [0.29, 0.717) is 11.5 Å². The highest BCUT2D eigenvalue weighted by Crippen LogP contribution is 2.31. The highest BCUT2D eigenvalue weighted by atomic mass is 79.9. The van der Waals surface area contributed by atoms with Crippen molar-refractivity contribution in [2.75, 3.05) is 33.4 Å². The second kappa shape index (κ2) is 8.06. The molecule has 0 unspecified atom stereocenters. The minimum Gasteiger partial charge on any atom is -0.381 e. The van der Waals surface area contributed by atoms with E-state index in [1.807, 2.05) is 11.3 Å². The number of halogens is 1. The van der Waals surface area contributed by atoms with E-state index in [-0.39, 0.29) is 0 Å². The molecule has 0 saturated carbocycles. The number of rotatable bonds is 7. The van der Waals surface area contributed by atoms with E-state index in [0.717, 1.165) is 45.7 Å². The lowest BCUT2D eigenvalue weighted by Gasteiger charge is -2.40. The second-order valence-corrected chi connectivity index (χ2v) is 8.46. The maximum Gasteiger partial charge on any atom is 0.0472 e. The smallest absolute Gasteiger partial charge is 0.0472 e. The highest BCUT2D eigenvalue weighted by molar-refractivity contribution is 9.10. The van der Waals surface area contributed by atoms with E-state index < -0.39 is 0 Å². The average Bonchev–Trinajstić information content (AvgIpc) is 2.83. The first-order chi connectivity index (χ1) is 9.99. The fraction of sp³-hybridized carbons (Fsp3) is 0.750. The summed E-state index contributed by atoms with van der Waals surface area (Å²) in [5, 5.41) is 5.80. The van der Waals surface area contributed by atoms with Gasteiger partial charge in [0.15, 0.2) is 0 Å². The van der Waals surface area contributed by atoms with Crippen LogP contribution in [-0.2, 0) is 11.3 Å². The van der Waals surface area contributed by atoms with Crippen LogP contribution in [0.4, 0.5) is 0 Å². The van der Waals surface area contributed by atoms with Crippen molar-refractivity contribution >= 4 is 27.3 Å². The zero-order valence-electron chi connectivity index (χ0n) is 13.3. The number of thiophene rings is 1. The van der Waals surface area contributed by atoms with Crippen LogP contribution in [0, 0.1) is 5.41 Å². The van der Waals surface area contributed by atoms with Crippen LogP contribution in [0.25, 0.3) is 0 Å². The zero-order valence-corrected chi connectivity index (χ0v) is 15.7. The molecule has 1 saturated heterocycles. The van der Waals surface area contributed by atoms with Crippen LogP contribution < -0.4 is 5.32 Å². The minimum atomic E-state index is 0.353. The molecule has 0 spiro atoms. The van der Waals surface area contributed by atoms with Crippen LogP contribution in [0.2, 0.25) is 0 Å². The predicted octanol–water partition coefficient (Wildman–Crippen LogP) is 3.74. The molecule has 3 nitrogen and oxygen atoms in total. The van der Waals surface area contributed by atoms with Crippen LogP contribution in [0.5, 0.6) is 0 Å². The summed E-state index contributed by atoms with van der Waals surface area (Å²) in [4.78, 5) is 3.88. The molecule has 5 heteroatoms. The quantitative estimate of drug-likeness (QED) is 0.786. The fourth-order valence-electron chi connectivity index (χ4n) is 2.95. The summed E-state index contributed by atoms with van der Waals surface area (Å²) in [5.41, 5.74) is 0.353. The number of hydrogen-bond donors (Lipinski definition) is 1. The van der Waals surface area contributed by atoms with E-state index in [4.69, 9.17) is 4.74 Å². The van der Waals surface area contributed by atoms with Gasteiger partial charge in [-0.15, -0.1) is 11.3 Å². The SMILES string of the molecule is CC(C)NCC1(CN(C)Cc2cc(Br)cs2)CCOCC1. The van der Waals surface area contributed by atoms with Crippen LogP contribution in [0.1, 0.15) is 31.6 Å². The standard InChI is InChI=1S/C16H27BrN2OS/c1-13(2)18-11-16(4-6-20-7-5-16)12-19(3)9-15-8-14(17)10-21-15/h8,10,13,18H,4-7,9,11-12H2,1-3H3. The molecule has 0 bridgehead atoms. The van der Waals surface area contributed by atoms with E-state index in [9.17, 15) is 0 Å². The third-order valence-electron chi connectivity index (χ3n) is 4.09. The minimum absolute atomic E-state index is 0.353. The van der Waals surface area contributed by atoms with Crippen molar-refractivity contribution in [3.63, 3.8) is 0 Å². The second-order valence-electron chi connectivity index (χ2n) is 6.55. The van der Waals surface area contributed by atoms with Gasteiger partial charge in [-0.1, -0.05) is 13.8 Å². The Labute approximate surface area is 141 Å². The van der Waals surface area contributed by atoms with Gasteiger partial charge in [0, 0.05) is 53.6 Å². The Kier molecular flexibility index (Phi) is 6.69. The molecule has 1 fully saturated rings. The van der Waals surface area contributed by atoms with Crippen molar-refractivity contribution in [3.05, 3.63) is 20.8 Å². The maximum absolute atomic E-state index is 5.58. The summed E-state index contributed by atoms with van der Waals surface area (Å²) in [6.07, 6.45) is 2.32. The van der Waals surface area contributed by atoms with E-state index in [1.54, 1.807) is 0 Å². The Balaban J connectivity index is 1.93. The Morgan fingerprint density at radius 2 is 2.14 bits per heavy atom. The average molecular weight is 375 g/mol. The number of nitrogens with zero attached hydrogens (tertiary/aromatic N) is 1. The lowest BCUT2D eigenvalue weighted by atomic mass is 9.79. The van der Waals surface area contributed by atoms with Crippen LogP contribution >= 0.6 is 27.3 Å². The van der Waals surface area contributed by atoms with Gasteiger partial charge in [0.1, 0.15) is 0 Å². The summed E-state index contributed by atoms with van der Waals surface area (Å²) in [5.74, 6) is 0. The molecular formula is C16H27BrN2OS. The van der Waals surface area contributed by atoms with Crippen molar-refractivity contribution in [1.29, 1.82) is 0 Å². The van der Waals surface area contributed by atoms with Gasteiger partial charge in [0.25, 0.3) is 0 Å². The lowest BCUT2D eigenvalue weighted by molar-refractivity contribution is -0.00236. The van der Waals surface area contributed by atoms with Crippen molar-refractivity contribution in [1.82, 2.24) is 10.2 Å². The van der Waals surface area contributed by atoms with E-state index >= 15 is 0 Å². The van der Waals surface area contributed by atoms with Gasteiger partial charge >= 0.3 is 0 Å². The molecule has 2 rings (SSSR count). The number of nitrogens with one attached hydrogen (secondary N) is 1. The van der Waals surface area contributed by atoms with Gasteiger partial charge in [-0.3, -0.25) is 0 Å². The van der Waals surface area contributed by atoms with Gasteiger partial charge in [0.2, 0.25) is 0 Å². The van der Waals surface area contributed by atoms with Crippen molar-refractivity contribution in [2.45, 2.75) is 39.3 Å². The molecule has 1 N–H and O–H groups in total. The monoisotopic (exact) mass is 374 g/mol. The van der Waals surface area contributed by atoms with Crippen molar-refractivity contribution in [3.8, 4) is 0 Å². The molecule has 0 amide bonds. The Hall–Kier alpha value is 0.0600. The third kappa shape index (κ3) is 5.64. The van der Waals surface area contributed by atoms with E-state index in [1.165, 1.54) is 9.35 Å². The Bertz CT molecular complexity index is 430. The van der Waals surface area contributed by atoms with Gasteiger partial charge in [0.05, 0.1) is 0 Å². The summed E-state index contributed by atoms with van der Waals surface area (Å²) in [6.45, 7) is 9.49. The summed E-state index contributed by atoms with van der Waals surface area (Å²) in [7, 11) is 2.24. The third-order valence-corrected chi connectivity index (χ3v) is 5.77. The lowest BCUT2D eigenvalue weighted by Crippen LogP contribution is -2.47. The van der Waals surface area contributed by atoms with Gasteiger partial charge in [-0.2, -0.15) is 0 Å². The van der Waals surface area contributed by atoms with Gasteiger partial charge in [-0.05, 0) is 47.3 Å². The number of hydrogen-bond acceptors (Lipinski definition) is 4. The summed E-state index contributed by atoms with van der Waals surface area (Å²) >= 11 is 5.37. The first-order valence-electron chi connectivity index (χ1n) is 7.72. The molecule has 1 aliphatic rings. The molecular weight excluding hydrogens is 348 g/mol. The van der Waals surface area contributed by atoms with Crippen LogP contribution in [-0.4, -0.2) is 44.3 Å². The summed E-state index contributed by atoms with van der Waals surface area (Å²) < 4.78 is 6.78. The molecule has 21 heavy (non-hydrogen) atoms. The Morgan fingerprint density at radius 3 is 2.71 bits per heavy atom. The Morgan fingerprint density at radius 1 is 1.43 bits per heavy atom. The van der Waals surface area contributed by atoms with E-state index in [2.05, 4.69) is 58.5 Å². The van der Waals surface area contributed by atoms with Gasteiger partial charge in [-0.25, -0.2) is 0 Å². The van der Waals surface area contributed by atoms with Crippen molar-refractivity contribution in [2.24, 2.45) is 5.41 Å². The fourth-order valence-corrected chi connectivity index (χ4v) is 4.48. The van der Waals surface area contributed by atoms with Gasteiger partial charge < -0.3 is 15.0 Å². The largest absolute Gasteiger partial charge is 0.381 e. The first-order valence-corrected chi connectivity index (χ1v) is 9.39. The molecule has 0 atom stereocenters. The molecule has 2 heterocycles. The van der Waals surface area contributed by atoms with Crippen LogP contribution in [0.3, 0.4) is 0 Å². The molecule has 1 aromatic rings. The molecule has 0 radical (unpaired) electrons. The highest BCUT2D eigenvalue weighted by Gasteiger charge is 2.33. The molecule has 1 aliphatic heterocycles. The molecule has 1 aromatic heterocycles. The molecule has 0 aromatic carbocycles. The first kappa shape index (κ1) is 17.4. The molecule has 120 valence electrons. The number of ether oxygens (including phenoxy) is 1. The maximum atomic E-state index is 5.58. The normalized spacial score (nSPS) is 18.6. The topological polar surface area (TPSA) is 24.5 Å². The van der Waals surface area contributed by atoms with Crippen molar-refractivity contribution < 1.29 is 4.74 Å². The van der Waals surface area contributed by atoms with Crippen LogP contribution in [0.15, 0.2) is 15.9 Å². The zero-order chi connectivity index (χ0) is 15.3. The predicted molar refractivity (Wildman–Crippen MR) is 94.0 cm³/mol. The summed E-state index contributed by atoms with van der Waals surface area (Å²) in [6, 6.07) is 2.77. The molecule has 0 aliphatic carbocycles.